The molecule has 0 saturated heterocycles. The van der Waals surface area contributed by atoms with Crippen molar-refractivity contribution in [2.75, 3.05) is 0 Å². The molecule has 1 atom stereocenters. The number of nitrogens with zero attached hydrogens (tertiary/aromatic N) is 4. The number of carbonyl (C=O) groups is 2. The van der Waals surface area contributed by atoms with E-state index in [4.69, 9.17) is 0 Å². The van der Waals surface area contributed by atoms with E-state index >= 15 is 0 Å². The average molecular weight is 373 g/mol. The first kappa shape index (κ1) is 20.5. The first-order valence-corrected chi connectivity index (χ1v) is 8.98. The Balaban J connectivity index is 2.23. The summed E-state index contributed by atoms with van der Waals surface area (Å²) in [5.41, 5.74) is 3.89. The van der Waals surface area contributed by atoms with Gasteiger partial charge in [0.25, 0.3) is 5.95 Å². The van der Waals surface area contributed by atoms with Gasteiger partial charge in [-0.3, -0.25) is 4.79 Å². The lowest BCUT2D eigenvalue weighted by atomic mass is 10.0. The lowest BCUT2D eigenvalue weighted by Gasteiger charge is -2.16. The molecule has 2 aromatic rings. The molecule has 0 fully saturated rings. The van der Waals surface area contributed by atoms with Gasteiger partial charge >= 0.3 is 5.97 Å². The molecule has 0 spiro atoms. The third kappa shape index (κ3) is 5.12. The Kier molecular flexibility index (Phi) is 6.30. The van der Waals surface area contributed by atoms with Gasteiger partial charge in [-0.05, 0) is 46.1 Å². The number of rotatable bonds is 7. The van der Waals surface area contributed by atoms with Crippen LogP contribution in [0.5, 0.6) is 0 Å². The van der Waals surface area contributed by atoms with Crippen molar-refractivity contribution in [3.05, 3.63) is 34.4 Å². The highest BCUT2D eigenvalue weighted by Gasteiger charge is 2.23. The zero-order valence-corrected chi connectivity index (χ0v) is 16.7. The average Bonchev–Trinajstić information content (AvgIpc) is 2.81. The number of amides is 1. The number of carboxylic acid groups (broad SMARTS) is 1. The first-order chi connectivity index (χ1) is 12.6. The van der Waals surface area contributed by atoms with E-state index in [1.807, 2.05) is 47.6 Å². The number of aliphatic carboxylic acids is 1. The predicted molar refractivity (Wildman–Crippen MR) is 101 cm³/mol. The summed E-state index contributed by atoms with van der Waals surface area (Å²) in [5.74, 6) is -0.734. The van der Waals surface area contributed by atoms with Crippen molar-refractivity contribution in [3.8, 4) is 5.95 Å². The van der Waals surface area contributed by atoms with Crippen LogP contribution < -0.4 is 5.32 Å². The highest BCUT2D eigenvalue weighted by Crippen LogP contribution is 2.17. The number of carbonyl (C=O) groups excluding carboxylic acids is 1. The second-order valence-electron chi connectivity index (χ2n) is 7.28. The van der Waals surface area contributed by atoms with Gasteiger partial charge in [0.05, 0.1) is 12.1 Å². The molecular weight excluding hydrogens is 346 g/mol. The van der Waals surface area contributed by atoms with Crippen LogP contribution in [0.2, 0.25) is 0 Å². The van der Waals surface area contributed by atoms with Gasteiger partial charge in [-0.25, -0.2) is 19.4 Å². The molecule has 0 bridgehead atoms. The Bertz CT molecular complexity index is 837. The third-order valence-electron chi connectivity index (χ3n) is 4.28. The van der Waals surface area contributed by atoms with Crippen LogP contribution in [0.3, 0.4) is 0 Å². The molecule has 0 radical (unpaired) electrons. The molecule has 2 rings (SSSR count). The van der Waals surface area contributed by atoms with Crippen LogP contribution in [-0.2, 0) is 16.0 Å². The molecule has 2 N–H and O–H groups in total. The molecule has 1 amide bonds. The summed E-state index contributed by atoms with van der Waals surface area (Å²) in [4.78, 5) is 32.6. The zero-order valence-electron chi connectivity index (χ0n) is 16.7. The largest absolute Gasteiger partial charge is 0.480 e. The Morgan fingerprint density at radius 3 is 2.26 bits per heavy atom. The lowest BCUT2D eigenvalue weighted by molar-refractivity contribution is -0.142. The van der Waals surface area contributed by atoms with E-state index in [1.54, 1.807) is 4.68 Å². The first-order valence-electron chi connectivity index (χ1n) is 8.98. The molecule has 2 heterocycles. The molecule has 8 heteroatoms. The summed E-state index contributed by atoms with van der Waals surface area (Å²) >= 11 is 0. The molecule has 0 aliphatic rings. The van der Waals surface area contributed by atoms with E-state index in [2.05, 4.69) is 20.4 Å². The van der Waals surface area contributed by atoms with Crippen molar-refractivity contribution in [2.45, 2.75) is 60.4 Å². The summed E-state index contributed by atoms with van der Waals surface area (Å²) in [7, 11) is 0. The minimum Gasteiger partial charge on any atom is -0.480 e. The van der Waals surface area contributed by atoms with Crippen LogP contribution in [0.15, 0.2) is 6.07 Å². The van der Waals surface area contributed by atoms with Gasteiger partial charge in [0, 0.05) is 22.6 Å². The maximum absolute atomic E-state index is 12.4. The summed E-state index contributed by atoms with van der Waals surface area (Å²) in [6, 6.07) is 0.987. The van der Waals surface area contributed by atoms with E-state index < -0.39 is 12.0 Å². The van der Waals surface area contributed by atoms with Crippen molar-refractivity contribution in [2.24, 2.45) is 5.92 Å². The van der Waals surface area contributed by atoms with E-state index in [9.17, 15) is 14.7 Å². The lowest BCUT2D eigenvalue weighted by Crippen LogP contribution is -2.42. The third-order valence-corrected chi connectivity index (χ3v) is 4.28. The normalized spacial score (nSPS) is 12.3. The number of aryl methyl sites for hydroxylation is 3. The van der Waals surface area contributed by atoms with E-state index in [0.717, 1.165) is 22.6 Å². The molecule has 8 nitrogen and oxygen atoms in total. The highest BCUT2D eigenvalue weighted by molar-refractivity contribution is 5.85. The Labute approximate surface area is 159 Å². The number of aromatic nitrogens is 4. The fraction of sp³-hybridized carbons (Fsp3) is 0.526. The van der Waals surface area contributed by atoms with Crippen LogP contribution in [0.4, 0.5) is 0 Å². The van der Waals surface area contributed by atoms with Gasteiger partial charge in [0.1, 0.15) is 6.04 Å². The quantitative estimate of drug-likeness (QED) is 0.769. The molecular formula is C19H27N5O3. The van der Waals surface area contributed by atoms with E-state index in [0.29, 0.717) is 18.1 Å². The summed E-state index contributed by atoms with van der Waals surface area (Å²) in [5, 5.41) is 16.4. The number of hydrogen-bond acceptors (Lipinski definition) is 5. The van der Waals surface area contributed by atoms with E-state index in [1.165, 1.54) is 0 Å². The molecule has 1 unspecified atom stereocenters. The molecule has 2 aromatic heterocycles. The van der Waals surface area contributed by atoms with Crippen molar-refractivity contribution < 1.29 is 14.7 Å². The maximum Gasteiger partial charge on any atom is 0.326 e. The fourth-order valence-corrected chi connectivity index (χ4v) is 3.03. The molecule has 146 valence electrons. The van der Waals surface area contributed by atoms with Crippen LogP contribution in [0.25, 0.3) is 5.95 Å². The van der Waals surface area contributed by atoms with Crippen LogP contribution in [-0.4, -0.2) is 42.8 Å². The molecule has 0 aliphatic carbocycles. The standard InChI is InChI=1S/C19H27N5O3/c1-10(2)7-16(18(26)27)22-17(25)9-15-13(5)23-24(14(15)6)19-20-11(3)8-12(4)21-19/h8,10,16H,7,9H2,1-6H3,(H,22,25)(H,26,27). The van der Waals surface area contributed by atoms with Gasteiger partial charge in [-0.15, -0.1) is 0 Å². The second-order valence-corrected chi connectivity index (χ2v) is 7.28. The molecule has 0 saturated carbocycles. The van der Waals surface area contributed by atoms with Crippen molar-refractivity contribution in [1.82, 2.24) is 25.1 Å². The van der Waals surface area contributed by atoms with Crippen LogP contribution >= 0.6 is 0 Å². The Morgan fingerprint density at radius 1 is 1.15 bits per heavy atom. The Hall–Kier alpha value is -2.77. The van der Waals surface area contributed by atoms with Gasteiger partial charge in [0.2, 0.25) is 5.91 Å². The summed E-state index contributed by atoms with van der Waals surface area (Å²) < 4.78 is 1.63. The topological polar surface area (TPSA) is 110 Å². The van der Waals surface area contributed by atoms with Gasteiger partial charge in [-0.2, -0.15) is 5.10 Å². The predicted octanol–water partition coefficient (Wildman–Crippen LogP) is 2.05. The summed E-state index contributed by atoms with van der Waals surface area (Å²) in [6.07, 6.45) is 0.444. The number of hydrogen-bond donors (Lipinski definition) is 2. The van der Waals surface area contributed by atoms with Crippen molar-refractivity contribution in [3.63, 3.8) is 0 Å². The minimum atomic E-state index is -1.02. The SMILES string of the molecule is Cc1cc(C)nc(-n2nc(C)c(CC(=O)NC(CC(C)C)C(=O)O)c2C)n1. The van der Waals surface area contributed by atoms with Crippen LogP contribution in [0, 0.1) is 33.6 Å². The fourth-order valence-electron chi connectivity index (χ4n) is 3.03. The zero-order chi connectivity index (χ0) is 20.3. The highest BCUT2D eigenvalue weighted by atomic mass is 16.4. The molecule has 0 aromatic carbocycles. The Morgan fingerprint density at radius 2 is 1.74 bits per heavy atom. The maximum atomic E-state index is 12.4. The number of nitrogens with one attached hydrogen (secondary N) is 1. The molecule has 0 aliphatic heterocycles. The smallest absolute Gasteiger partial charge is 0.326 e. The van der Waals surface area contributed by atoms with Gasteiger partial charge < -0.3 is 10.4 Å². The van der Waals surface area contributed by atoms with Crippen molar-refractivity contribution in [1.29, 1.82) is 0 Å². The second kappa shape index (κ2) is 8.28. The summed E-state index contributed by atoms with van der Waals surface area (Å²) in [6.45, 7) is 11.3. The van der Waals surface area contributed by atoms with Gasteiger partial charge in [-0.1, -0.05) is 13.8 Å². The van der Waals surface area contributed by atoms with Crippen LogP contribution in [0.1, 0.15) is 48.6 Å². The van der Waals surface area contributed by atoms with Gasteiger partial charge in [0.15, 0.2) is 0 Å². The number of carboxylic acids is 1. The molecule has 27 heavy (non-hydrogen) atoms. The van der Waals surface area contributed by atoms with Crippen molar-refractivity contribution >= 4 is 11.9 Å². The minimum absolute atomic E-state index is 0.0599. The van der Waals surface area contributed by atoms with E-state index in [-0.39, 0.29) is 18.2 Å². The monoisotopic (exact) mass is 373 g/mol.